The number of benzene rings is 3. The molecule has 0 aliphatic heterocycles. The van der Waals surface area contributed by atoms with E-state index in [2.05, 4.69) is 15.4 Å². The third-order valence-corrected chi connectivity index (χ3v) is 5.21. The van der Waals surface area contributed by atoms with Crippen molar-refractivity contribution in [2.24, 2.45) is 0 Å². The molecule has 31 heavy (non-hydrogen) atoms. The minimum atomic E-state index is -0.406. The second kappa shape index (κ2) is 8.62. The number of ether oxygens (including phenoxy) is 1. The molecule has 6 nitrogen and oxygen atoms in total. The maximum absolute atomic E-state index is 12.9. The van der Waals surface area contributed by atoms with Crippen molar-refractivity contribution in [3.8, 4) is 22.8 Å². The van der Waals surface area contributed by atoms with Crippen molar-refractivity contribution < 1.29 is 9.53 Å². The van der Waals surface area contributed by atoms with Crippen LogP contribution in [0.1, 0.15) is 21.7 Å². The van der Waals surface area contributed by atoms with Gasteiger partial charge in [-0.3, -0.25) is 4.79 Å². The number of methoxy groups -OCH3 is 1. The molecule has 0 saturated heterocycles. The fourth-order valence-electron chi connectivity index (χ4n) is 3.12. The molecule has 0 radical (unpaired) electrons. The van der Waals surface area contributed by atoms with E-state index in [9.17, 15) is 4.79 Å². The largest absolute Gasteiger partial charge is 0.497 e. The second-order valence-electron chi connectivity index (χ2n) is 7.13. The van der Waals surface area contributed by atoms with Crippen LogP contribution in [0.3, 0.4) is 0 Å². The summed E-state index contributed by atoms with van der Waals surface area (Å²) in [6.07, 6.45) is 0. The van der Waals surface area contributed by atoms with Crippen molar-refractivity contribution in [1.82, 2.24) is 14.8 Å². The lowest BCUT2D eigenvalue weighted by Crippen LogP contribution is -2.14. The molecule has 0 atom stereocenters. The van der Waals surface area contributed by atoms with Crippen LogP contribution in [0.4, 0.5) is 5.69 Å². The van der Waals surface area contributed by atoms with Crippen LogP contribution in [0, 0.1) is 13.8 Å². The summed E-state index contributed by atoms with van der Waals surface area (Å²) < 4.78 is 6.82. The van der Waals surface area contributed by atoms with E-state index in [0.29, 0.717) is 22.3 Å². The van der Waals surface area contributed by atoms with E-state index >= 15 is 0 Å². The smallest absolute Gasteiger partial charge is 0.295 e. The van der Waals surface area contributed by atoms with Gasteiger partial charge in [-0.15, -0.1) is 5.10 Å². The number of nitrogens with zero attached hydrogens (tertiary/aromatic N) is 3. The molecule has 0 aliphatic rings. The van der Waals surface area contributed by atoms with E-state index in [4.69, 9.17) is 16.3 Å². The van der Waals surface area contributed by atoms with Gasteiger partial charge in [0.05, 0.1) is 12.8 Å². The van der Waals surface area contributed by atoms with Crippen molar-refractivity contribution >= 4 is 23.2 Å². The second-order valence-corrected chi connectivity index (χ2v) is 7.57. The van der Waals surface area contributed by atoms with Gasteiger partial charge in [0.1, 0.15) is 5.75 Å². The zero-order valence-electron chi connectivity index (χ0n) is 17.4. The van der Waals surface area contributed by atoms with Crippen LogP contribution < -0.4 is 10.1 Å². The first-order valence-corrected chi connectivity index (χ1v) is 10.1. The Morgan fingerprint density at radius 3 is 2.45 bits per heavy atom. The maximum Gasteiger partial charge on any atom is 0.295 e. The molecular formula is C24H21ClN4O2. The maximum atomic E-state index is 12.9. The molecule has 0 fully saturated rings. The SMILES string of the molecule is COc1ccc(NC(=O)c2nc(-c3cccc(Cl)c3)n(-c3ccc(C)c(C)c3)n2)cc1. The molecule has 1 N–H and O–H groups in total. The van der Waals surface area contributed by atoms with E-state index in [0.717, 1.165) is 16.8 Å². The lowest BCUT2D eigenvalue weighted by Gasteiger charge is -2.08. The summed E-state index contributed by atoms with van der Waals surface area (Å²) in [6, 6.07) is 20.4. The molecule has 0 spiro atoms. The third kappa shape index (κ3) is 4.44. The van der Waals surface area contributed by atoms with Gasteiger partial charge < -0.3 is 10.1 Å². The van der Waals surface area contributed by atoms with Gasteiger partial charge in [-0.1, -0.05) is 29.8 Å². The summed E-state index contributed by atoms with van der Waals surface area (Å²) in [5.74, 6) is 0.893. The van der Waals surface area contributed by atoms with Crippen molar-refractivity contribution in [2.45, 2.75) is 13.8 Å². The number of aromatic nitrogens is 3. The Bertz CT molecular complexity index is 1250. The number of carbonyl (C=O) groups is 1. The van der Waals surface area contributed by atoms with E-state index in [1.54, 1.807) is 48.2 Å². The number of rotatable bonds is 5. The number of carbonyl (C=O) groups excluding carboxylic acids is 1. The van der Waals surface area contributed by atoms with E-state index in [-0.39, 0.29) is 5.82 Å². The summed E-state index contributed by atoms with van der Waals surface area (Å²) in [5, 5.41) is 7.92. The first kappa shape index (κ1) is 20.6. The van der Waals surface area contributed by atoms with Crippen LogP contribution in [-0.2, 0) is 0 Å². The van der Waals surface area contributed by atoms with Gasteiger partial charge >= 0.3 is 0 Å². The van der Waals surface area contributed by atoms with Gasteiger partial charge in [0, 0.05) is 16.3 Å². The quantitative estimate of drug-likeness (QED) is 0.454. The topological polar surface area (TPSA) is 69.0 Å². The Labute approximate surface area is 185 Å². The predicted octanol–water partition coefficient (Wildman–Crippen LogP) is 5.47. The number of nitrogens with one attached hydrogen (secondary N) is 1. The van der Waals surface area contributed by atoms with Crippen LogP contribution >= 0.6 is 11.6 Å². The standard InChI is InChI=1S/C24H21ClN4O2/c1-15-7-10-20(13-16(15)2)29-23(17-5-4-6-18(25)14-17)27-22(28-29)24(30)26-19-8-11-21(31-3)12-9-19/h4-14H,1-3H3,(H,26,30). The Kier molecular flexibility index (Phi) is 5.73. The van der Waals surface area contributed by atoms with Crippen molar-refractivity contribution in [2.75, 3.05) is 12.4 Å². The predicted molar refractivity (Wildman–Crippen MR) is 122 cm³/mol. The molecule has 1 heterocycles. The van der Waals surface area contributed by atoms with Crippen LogP contribution in [0.2, 0.25) is 5.02 Å². The van der Waals surface area contributed by atoms with Crippen molar-refractivity contribution in [1.29, 1.82) is 0 Å². The molecule has 0 aliphatic carbocycles. The molecule has 3 aromatic carbocycles. The van der Waals surface area contributed by atoms with Crippen LogP contribution in [0.5, 0.6) is 5.75 Å². The summed E-state index contributed by atoms with van der Waals surface area (Å²) in [7, 11) is 1.59. The number of hydrogen-bond donors (Lipinski definition) is 1. The van der Waals surface area contributed by atoms with Crippen LogP contribution in [0.25, 0.3) is 17.1 Å². The minimum absolute atomic E-state index is 0.0593. The zero-order valence-corrected chi connectivity index (χ0v) is 18.1. The van der Waals surface area contributed by atoms with Crippen LogP contribution in [-0.4, -0.2) is 27.8 Å². The van der Waals surface area contributed by atoms with Gasteiger partial charge in [0.2, 0.25) is 5.82 Å². The molecule has 7 heteroatoms. The molecule has 4 aromatic rings. The third-order valence-electron chi connectivity index (χ3n) is 4.98. The summed E-state index contributed by atoms with van der Waals surface area (Å²) in [4.78, 5) is 17.4. The number of halogens is 1. The van der Waals surface area contributed by atoms with E-state index < -0.39 is 5.91 Å². The monoisotopic (exact) mass is 432 g/mol. The first-order valence-electron chi connectivity index (χ1n) is 9.70. The highest BCUT2D eigenvalue weighted by Gasteiger charge is 2.19. The highest BCUT2D eigenvalue weighted by molar-refractivity contribution is 6.30. The zero-order chi connectivity index (χ0) is 22.0. The summed E-state index contributed by atoms with van der Waals surface area (Å²) in [5.41, 5.74) is 4.49. The number of anilines is 1. The average Bonchev–Trinajstić information content (AvgIpc) is 3.22. The van der Waals surface area contributed by atoms with E-state index in [1.807, 2.05) is 44.2 Å². The molecular weight excluding hydrogens is 412 g/mol. The summed E-state index contributed by atoms with van der Waals surface area (Å²) >= 11 is 6.19. The lowest BCUT2D eigenvalue weighted by atomic mass is 10.1. The highest BCUT2D eigenvalue weighted by atomic mass is 35.5. The number of aryl methyl sites for hydroxylation is 2. The van der Waals surface area contributed by atoms with Gasteiger partial charge in [0.15, 0.2) is 5.82 Å². The van der Waals surface area contributed by atoms with Crippen LogP contribution in [0.15, 0.2) is 66.7 Å². The van der Waals surface area contributed by atoms with Gasteiger partial charge in [-0.05, 0) is 73.5 Å². The molecule has 0 bridgehead atoms. The highest BCUT2D eigenvalue weighted by Crippen LogP contribution is 2.25. The molecule has 0 saturated carbocycles. The lowest BCUT2D eigenvalue weighted by molar-refractivity contribution is 0.101. The number of amides is 1. The normalized spacial score (nSPS) is 10.7. The Hall–Kier alpha value is -3.64. The Balaban J connectivity index is 1.74. The van der Waals surface area contributed by atoms with Crippen molar-refractivity contribution in [3.63, 3.8) is 0 Å². The average molecular weight is 433 g/mol. The minimum Gasteiger partial charge on any atom is -0.497 e. The Morgan fingerprint density at radius 1 is 1.00 bits per heavy atom. The van der Waals surface area contributed by atoms with Crippen molar-refractivity contribution in [3.05, 3.63) is 88.7 Å². The molecule has 156 valence electrons. The molecule has 4 rings (SSSR count). The fourth-order valence-corrected chi connectivity index (χ4v) is 3.31. The fraction of sp³-hybridized carbons (Fsp3) is 0.125. The molecule has 1 amide bonds. The molecule has 1 aromatic heterocycles. The van der Waals surface area contributed by atoms with Gasteiger partial charge in [-0.25, -0.2) is 9.67 Å². The number of hydrogen-bond acceptors (Lipinski definition) is 4. The summed E-state index contributed by atoms with van der Waals surface area (Å²) in [6.45, 7) is 4.08. The first-order chi connectivity index (χ1) is 14.9. The Morgan fingerprint density at radius 2 is 1.77 bits per heavy atom. The van der Waals surface area contributed by atoms with Gasteiger partial charge in [-0.2, -0.15) is 0 Å². The molecule has 0 unspecified atom stereocenters. The van der Waals surface area contributed by atoms with Gasteiger partial charge in [0.25, 0.3) is 5.91 Å². The van der Waals surface area contributed by atoms with E-state index in [1.165, 1.54) is 5.56 Å².